The number of hydrogen-bond acceptors (Lipinski definition) is 4. The molecule has 0 unspecified atom stereocenters. The number of nitrogens with two attached hydrogens (primary N) is 1. The van der Waals surface area contributed by atoms with E-state index < -0.39 is 17.2 Å². The first kappa shape index (κ1) is 15.1. The molecule has 7 heteroatoms. The van der Waals surface area contributed by atoms with Crippen molar-refractivity contribution in [3.63, 3.8) is 0 Å². The molecule has 4 N–H and O–H groups in total. The summed E-state index contributed by atoms with van der Waals surface area (Å²) in [5, 5.41) is 0. The number of fused-ring (bicyclic) bond motifs is 1. The molecule has 0 bridgehead atoms. The number of amides is 1. The molecule has 2 heterocycles. The number of aromatic nitrogens is 2. The van der Waals surface area contributed by atoms with E-state index in [1.54, 1.807) is 4.90 Å². The maximum absolute atomic E-state index is 12.8. The van der Waals surface area contributed by atoms with Crippen molar-refractivity contribution < 1.29 is 4.79 Å². The first-order chi connectivity index (χ1) is 10.9. The topological polar surface area (TPSA) is 112 Å². The lowest BCUT2D eigenvalue weighted by molar-refractivity contribution is 0.0980. The zero-order chi connectivity index (χ0) is 16.7. The number of rotatable bonds is 1. The number of benzene rings is 1. The summed E-state index contributed by atoms with van der Waals surface area (Å²) in [6.45, 7) is 4.50. The number of anilines is 2. The summed E-state index contributed by atoms with van der Waals surface area (Å²) in [5.74, 6) is -0.461. The highest BCUT2D eigenvalue weighted by atomic mass is 16.2. The standard InChI is InChI=1S/C16H18N4O3/c1-8-6-9(2)10-4-3-5-20(11(10)7-8)15(22)13-12(17)14(21)19-16(23)18-13/h6-7H,3-5,17H2,1-2H3,(H2,18,19,21,23). The lowest BCUT2D eigenvalue weighted by Crippen LogP contribution is -2.39. The van der Waals surface area contributed by atoms with E-state index in [4.69, 9.17) is 5.73 Å². The fourth-order valence-corrected chi connectivity index (χ4v) is 3.09. The zero-order valence-electron chi connectivity index (χ0n) is 13.0. The molecule has 0 aliphatic carbocycles. The predicted octanol–water partition coefficient (Wildman–Crippen LogP) is 0.855. The second kappa shape index (κ2) is 5.42. The average Bonchev–Trinajstić information content (AvgIpc) is 2.49. The van der Waals surface area contributed by atoms with E-state index in [0.717, 1.165) is 35.2 Å². The van der Waals surface area contributed by atoms with Crippen LogP contribution >= 0.6 is 0 Å². The van der Waals surface area contributed by atoms with E-state index in [9.17, 15) is 14.4 Å². The third-order valence-electron chi connectivity index (χ3n) is 4.13. The van der Waals surface area contributed by atoms with Crippen LogP contribution in [0.3, 0.4) is 0 Å². The monoisotopic (exact) mass is 314 g/mol. The van der Waals surface area contributed by atoms with Gasteiger partial charge in [0.25, 0.3) is 11.5 Å². The number of carbonyl (C=O) groups is 1. The van der Waals surface area contributed by atoms with Gasteiger partial charge in [-0.1, -0.05) is 6.07 Å². The summed E-state index contributed by atoms with van der Waals surface area (Å²) in [6, 6.07) is 4.02. The minimum atomic E-state index is -0.755. The van der Waals surface area contributed by atoms with Gasteiger partial charge in [0.1, 0.15) is 11.4 Å². The summed E-state index contributed by atoms with van der Waals surface area (Å²) in [4.78, 5) is 41.9. The molecule has 23 heavy (non-hydrogen) atoms. The zero-order valence-corrected chi connectivity index (χ0v) is 13.0. The molecule has 0 saturated carbocycles. The Morgan fingerprint density at radius 2 is 1.96 bits per heavy atom. The van der Waals surface area contributed by atoms with Crippen LogP contribution in [0.25, 0.3) is 0 Å². The van der Waals surface area contributed by atoms with Crippen molar-refractivity contribution in [3.8, 4) is 0 Å². The van der Waals surface area contributed by atoms with Gasteiger partial charge in [0.2, 0.25) is 0 Å². The largest absolute Gasteiger partial charge is 0.392 e. The van der Waals surface area contributed by atoms with Gasteiger partial charge in [-0.05, 0) is 49.4 Å². The van der Waals surface area contributed by atoms with Crippen molar-refractivity contribution in [2.75, 3.05) is 17.2 Å². The Morgan fingerprint density at radius 3 is 2.70 bits per heavy atom. The predicted molar refractivity (Wildman–Crippen MR) is 88.0 cm³/mol. The van der Waals surface area contributed by atoms with Crippen molar-refractivity contribution >= 4 is 17.3 Å². The Balaban J connectivity index is 2.13. The van der Waals surface area contributed by atoms with Crippen molar-refractivity contribution in [3.05, 3.63) is 55.4 Å². The van der Waals surface area contributed by atoms with Crippen molar-refractivity contribution in [2.45, 2.75) is 26.7 Å². The Kier molecular flexibility index (Phi) is 3.55. The summed E-state index contributed by atoms with van der Waals surface area (Å²) in [6.07, 6.45) is 1.71. The summed E-state index contributed by atoms with van der Waals surface area (Å²) in [5.41, 5.74) is 7.85. The molecule has 0 spiro atoms. The lowest BCUT2D eigenvalue weighted by atomic mass is 9.95. The smallest absolute Gasteiger partial charge is 0.326 e. The Hall–Kier alpha value is -2.83. The number of nitrogens with one attached hydrogen (secondary N) is 2. The molecule has 0 radical (unpaired) electrons. The molecule has 1 aliphatic heterocycles. The summed E-state index contributed by atoms with van der Waals surface area (Å²) in [7, 11) is 0. The molecule has 0 fully saturated rings. The van der Waals surface area contributed by atoms with Crippen LogP contribution in [0.1, 0.15) is 33.6 Å². The molecule has 7 nitrogen and oxygen atoms in total. The second-order valence-electron chi connectivity index (χ2n) is 5.84. The van der Waals surface area contributed by atoms with Crippen LogP contribution in [-0.2, 0) is 6.42 Å². The van der Waals surface area contributed by atoms with Gasteiger partial charge in [0.05, 0.1) is 0 Å². The highest BCUT2D eigenvalue weighted by molar-refractivity contribution is 6.08. The van der Waals surface area contributed by atoms with Crippen LogP contribution < -0.4 is 21.9 Å². The van der Waals surface area contributed by atoms with Gasteiger partial charge in [-0.15, -0.1) is 0 Å². The molecule has 1 amide bonds. The quantitative estimate of drug-likeness (QED) is 0.724. The van der Waals surface area contributed by atoms with Crippen LogP contribution in [0.4, 0.5) is 11.4 Å². The van der Waals surface area contributed by atoms with Crippen LogP contribution in [-0.4, -0.2) is 22.4 Å². The number of nitrogen functional groups attached to an aromatic ring is 1. The average molecular weight is 314 g/mol. The van der Waals surface area contributed by atoms with Crippen molar-refractivity contribution in [1.29, 1.82) is 0 Å². The number of aryl methyl sites for hydroxylation is 2. The van der Waals surface area contributed by atoms with Crippen LogP contribution in [0, 0.1) is 13.8 Å². The van der Waals surface area contributed by atoms with Gasteiger partial charge in [0.15, 0.2) is 0 Å². The maximum Gasteiger partial charge on any atom is 0.326 e. The van der Waals surface area contributed by atoms with Gasteiger partial charge in [0, 0.05) is 12.2 Å². The van der Waals surface area contributed by atoms with E-state index in [1.807, 2.05) is 24.9 Å². The molecule has 3 rings (SSSR count). The fourth-order valence-electron chi connectivity index (χ4n) is 3.09. The van der Waals surface area contributed by atoms with Crippen molar-refractivity contribution in [1.82, 2.24) is 9.97 Å². The van der Waals surface area contributed by atoms with Crippen LogP contribution in [0.5, 0.6) is 0 Å². The first-order valence-corrected chi connectivity index (χ1v) is 7.42. The van der Waals surface area contributed by atoms with E-state index in [1.165, 1.54) is 0 Å². The van der Waals surface area contributed by atoms with Gasteiger partial charge in [-0.25, -0.2) is 4.79 Å². The Labute approximate surface area is 132 Å². The third-order valence-corrected chi connectivity index (χ3v) is 4.13. The lowest BCUT2D eigenvalue weighted by Gasteiger charge is -2.31. The summed E-state index contributed by atoms with van der Waals surface area (Å²) >= 11 is 0. The molecule has 0 saturated heterocycles. The molecular formula is C16H18N4O3. The maximum atomic E-state index is 12.8. The fraction of sp³-hybridized carbons (Fsp3) is 0.312. The number of nitrogens with zero attached hydrogens (tertiary/aromatic N) is 1. The number of aromatic amines is 2. The molecular weight excluding hydrogens is 296 g/mol. The van der Waals surface area contributed by atoms with Gasteiger partial charge in [-0.2, -0.15) is 0 Å². The number of hydrogen-bond donors (Lipinski definition) is 3. The van der Waals surface area contributed by atoms with E-state index in [0.29, 0.717) is 6.54 Å². The van der Waals surface area contributed by atoms with Crippen molar-refractivity contribution in [2.24, 2.45) is 0 Å². The van der Waals surface area contributed by atoms with Gasteiger partial charge >= 0.3 is 5.69 Å². The van der Waals surface area contributed by atoms with Gasteiger partial charge < -0.3 is 15.6 Å². The Morgan fingerprint density at radius 1 is 1.22 bits per heavy atom. The molecule has 1 aliphatic rings. The molecule has 2 aromatic rings. The highest BCUT2D eigenvalue weighted by Gasteiger charge is 2.27. The highest BCUT2D eigenvalue weighted by Crippen LogP contribution is 2.32. The van der Waals surface area contributed by atoms with Crippen LogP contribution in [0.15, 0.2) is 21.7 Å². The van der Waals surface area contributed by atoms with E-state index in [-0.39, 0.29) is 11.4 Å². The van der Waals surface area contributed by atoms with Crippen LogP contribution in [0.2, 0.25) is 0 Å². The number of carbonyl (C=O) groups excluding carboxylic acids is 1. The Bertz CT molecular complexity index is 911. The first-order valence-electron chi connectivity index (χ1n) is 7.42. The van der Waals surface area contributed by atoms with E-state index in [2.05, 4.69) is 11.1 Å². The number of H-pyrrole nitrogens is 2. The van der Waals surface area contributed by atoms with Gasteiger partial charge in [-0.3, -0.25) is 14.6 Å². The SMILES string of the molecule is Cc1cc(C)c2c(c1)N(C(=O)c1[nH]c(=O)[nH]c(=O)c1N)CCC2. The minimum absolute atomic E-state index is 0.161. The third kappa shape index (κ3) is 2.54. The molecule has 1 aromatic heterocycles. The van der Waals surface area contributed by atoms with E-state index >= 15 is 0 Å². The molecule has 1 aromatic carbocycles. The molecule has 0 atom stereocenters. The minimum Gasteiger partial charge on any atom is -0.392 e. The molecule has 120 valence electrons. The second-order valence-corrected chi connectivity index (χ2v) is 5.84. The summed E-state index contributed by atoms with van der Waals surface area (Å²) < 4.78 is 0. The normalized spacial score (nSPS) is 13.7.